The number of amides is 1. The fourth-order valence-corrected chi connectivity index (χ4v) is 6.60. The summed E-state index contributed by atoms with van der Waals surface area (Å²) in [5.74, 6) is -0.198. The molecule has 7 rings (SSSR count). The highest BCUT2D eigenvalue weighted by atomic mass is 79.9. The SMILES string of the molecule is O=C(Oc1cccc2c(O)c3c(=O)oc4ccc(Br)c5c(=O)oc(c12)c3c45)N1CCC(N2CCCCC2)C1. The summed E-state index contributed by atoms with van der Waals surface area (Å²) in [5, 5.41) is 12.3. The monoisotopic (exact) mass is 578 g/mol. The highest BCUT2D eigenvalue weighted by Crippen LogP contribution is 2.45. The highest BCUT2D eigenvalue weighted by Gasteiger charge is 2.33. The molecule has 0 spiro atoms. The second-order valence-electron chi connectivity index (χ2n) is 10.0. The van der Waals surface area contributed by atoms with E-state index in [-0.39, 0.29) is 49.6 Å². The molecule has 0 radical (unpaired) electrons. The van der Waals surface area contributed by atoms with E-state index in [0.29, 0.717) is 29.0 Å². The number of fused-ring (bicyclic) bond motifs is 2. The lowest BCUT2D eigenvalue weighted by Crippen LogP contribution is -2.42. The number of likely N-dealkylation sites (tertiary alicyclic amines) is 2. The number of hydrogen-bond acceptors (Lipinski definition) is 8. The first-order valence-corrected chi connectivity index (χ1v) is 13.5. The minimum Gasteiger partial charge on any atom is -0.506 e. The number of hydrogen-bond donors (Lipinski definition) is 1. The molecule has 2 aliphatic heterocycles. The van der Waals surface area contributed by atoms with Crippen molar-refractivity contribution in [1.82, 2.24) is 9.80 Å². The Bertz CT molecular complexity index is 1870. The third-order valence-electron chi connectivity index (χ3n) is 7.92. The Morgan fingerprint density at radius 1 is 0.921 bits per heavy atom. The second kappa shape index (κ2) is 8.71. The second-order valence-corrected chi connectivity index (χ2v) is 10.9. The van der Waals surface area contributed by atoms with Crippen LogP contribution in [0.2, 0.25) is 0 Å². The third-order valence-corrected chi connectivity index (χ3v) is 8.58. The zero-order chi connectivity index (χ0) is 26.1. The van der Waals surface area contributed by atoms with Gasteiger partial charge in [0.2, 0.25) is 0 Å². The number of phenolic OH excluding ortho intramolecular Hbond substituents is 1. The number of benzene rings is 3. The zero-order valence-electron chi connectivity index (χ0n) is 20.3. The van der Waals surface area contributed by atoms with Crippen LogP contribution in [0.15, 0.2) is 53.2 Å². The van der Waals surface area contributed by atoms with E-state index in [1.165, 1.54) is 19.3 Å². The molecule has 9 nitrogen and oxygen atoms in total. The Hall–Kier alpha value is -3.63. The molecule has 1 N–H and O–H groups in total. The van der Waals surface area contributed by atoms with Gasteiger partial charge in [0.15, 0.2) is 5.58 Å². The van der Waals surface area contributed by atoms with Gasteiger partial charge in [-0.05, 0) is 66.5 Å². The number of halogens is 1. The van der Waals surface area contributed by atoms with E-state index in [2.05, 4.69) is 20.8 Å². The molecular weight excluding hydrogens is 556 g/mol. The van der Waals surface area contributed by atoms with Crippen LogP contribution in [-0.2, 0) is 0 Å². The van der Waals surface area contributed by atoms with E-state index in [1.54, 1.807) is 35.2 Å². The molecule has 1 atom stereocenters. The number of rotatable bonds is 2. The Labute approximate surface area is 223 Å². The lowest BCUT2D eigenvalue weighted by molar-refractivity contribution is 0.144. The van der Waals surface area contributed by atoms with Crippen molar-refractivity contribution in [2.45, 2.75) is 31.7 Å². The summed E-state index contributed by atoms with van der Waals surface area (Å²) in [4.78, 5) is 43.5. The van der Waals surface area contributed by atoms with Gasteiger partial charge < -0.3 is 23.6 Å². The molecule has 0 saturated carbocycles. The molecule has 0 bridgehead atoms. The lowest BCUT2D eigenvalue weighted by Gasteiger charge is -2.32. The molecular formula is C28H23BrN2O7. The van der Waals surface area contributed by atoms with Crippen LogP contribution in [0, 0.1) is 0 Å². The lowest BCUT2D eigenvalue weighted by atomic mass is 9.97. The Morgan fingerprint density at radius 3 is 2.53 bits per heavy atom. The molecule has 5 aromatic rings. The van der Waals surface area contributed by atoms with Crippen LogP contribution in [0.25, 0.3) is 43.5 Å². The molecule has 1 amide bonds. The van der Waals surface area contributed by atoms with E-state index in [0.717, 1.165) is 19.5 Å². The maximum Gasteiger partial charge on any atom is 0.415 e. The van der Waals surface area contributed by atoms with Crippen LogP contribution in [0.4, 0.5) is 4.79 Å². The summed E-state index contributed by atoms with van der Waals surface area (Å²) < 4.78 is 17.6. The predicted molar refractivity (Wildman–Crippen MR) is 146 cm³/mol. The number of aromatic hydroxyl groups is 1. The molecule has 3 aromatic carbocycles. The van der Waals surface area contributed by atoms with E-state index >= 15 is 0 Å². The molecule has 0 aliphatic carbocycles. The molecule has 1 unspecified atom stereocenters. The molecule has 194 valence electrons. The quantitative estimate of drug-likeness (QED) is 0.173. The van der Waals surface area contributed by atoms with Crippen molar-refractivity contribution >= 4 is 65.5 Å². The van der Waals surface area contributed by atoms with E-state index in [4.69, 9.17) is 13.6 Å². The normalized spacial score (nSPS) is 18.9. The van der Waals surface area contributed by atoms with Crippen molar-refractivity contribution in [2.75, 3.05) is 26.2 Å². The summed E-state index contributed by atoms with van der Waals surface area (Å²) in [6, 6.07) is 8.26. The van der Waals surface area contributed by atoms with Gasteiger partial charge in [-0.3, -0.25) is 4.90 Å². The van der Waals surface area contributed by atoms with Crippen LogP contribution in [0.3, 0.4) is 0 Å². The number of piperidine rings is 1. The number of carbonyl (C=O) groups excluding carboxylic acids is 1. The van der Waals surface area contributed by atoms with E-state index in [1.807, 2.05) is 0 Å². The Balaban J connectivity index is 1.38. The maximum absolute atomic E-state index is 13.3. The van der Waals surface area contributed by atoms with Crippen molar-refractivity contribution in [1.29, 1.82) is 0 Å². The van der Waals surface area contributed by atoms with Crippen LogP contribution in [0.5, 0.6) is 11.5 Å². The third kappa shape index (κ3) is 3.43. The van der Waals surface area contributed by atoms with Crippen molar-refractivity contribution in [3.05, 3.63) is 55.6 Å². The number of nitrogens with zero attached hydrogens (tertiary/aromatic N) is 2. The highest BCUT2D eigenvalue weighted by molar-refractivity contribution is 9.10. The Kier molecular flexibility index (Phi) is 5.38. The summed E-state index contributed by atoms with van der Waals surface area (Å²) in [6.07, 6.45) is 3.99. The van der Waals surface area contributed by atoms with Gasteiger partial charge in [-0.15, -0.1) is 0 Å². The smallest absolute Gasteiger partial charge is 0.415 e. The van der Waals surface area contributed by atoms with Crippen LogP contribution in [0.1, 0.15) is 25.7 Å². The average molecular weight is 579 g/mol. The molecule has 2 aromatic heterocycles. The first kappa shape index (κ1) is 23.5. The Morgan fingerprint density at radius 2 is 1.71 bits per heavy atom. The van der Waals surface area contributed by atoms with Crippen LogP contribution < -0.4 is 16.0 Å². The fraction of sp³-hybridized carbons (Fsp3) is 0.321. The topological polar surface area (TPSA) is 113 Å². The van der Waals surface area contributed by atoms with E-state index in [9.17, 15) is 19.5 Å². The molecule has 2 aliphatic rings. The summed E-state index contributed by atoms with van der Waals surface area (Å²) in [6.45, 7) is 3.28. The fourth-order valence-electron chi connectivity index (χ4n) is 6.11. The first-order valence-electron chi connectivity index (χ1n) is 12.7. The summed E-state index contributed by atoms with van der Waals surface area (Å²) >= 11 is 3.38. The maximum atomic E-state index is 13.3. The minimum absolute atomic E-state index is 0.0531. The van der Waals surface area contributed by atoms with Gasteiger partial charge in [-0.25, -0.2) is 14.4 Å². The van der Waals surface area contributed by atoms with Gasteiger partial charge in [0.25, 0.3) is 0 Å². The van der Waals surface area contributed by atoms with Gasteiger partial charge in [-0.1, -0.05) is 18.6 Å². The zero-order valence-corrected chi connectivity index (χ0v) is 21.9. The van der Waals surface area contributed by atoms with Crippen molar-refractivity contribution in [3.8, 4) is 11.5 Å². The number of carbonyl (C=O) groups is 1. The minimum atomic E-state index is -0.761. The van der Waals surface area contributed by atoms with Crippen LogP contribution in [-0.4, -0.2) is 53.2 Å². The predicted octanol–water partition coefficient (Wildman–Crippen LogP) is 5.17. The number of phenols is 1. The average Bonchev–Trinajstić information content (AvgIpc) is 3.42. The van der Waals surface area contributed by atoms with E-state index < -0.39 is 17.3 Å². The standard InChI is InChI=1S/C28H23BrN2O7/c29-16-7-8-18-21-20(16)26(33)38-25-19-15(24(32)23(22(21)25)27(34)36-18)5-4-6-17(19)37-28(35)31-12-9-14(13-31)30-10-2-1-3-11-30/h4-8,14,32H,1-3,9-13H2. The molecule has 2 fully saturated rings. The number of ether oxygens (including phenoxy) is 1. The molecule has 38 heavy (non-hydrogen) atoms. The molecule has 2 saturated heterocycles. The van der Waals surface area contributed by atoms with Gasteiger partial charge in [0.1, 0.15) is 22.5 Å². The van der Waals surface area contributed by atoms with Crippen molar-refractivity contribution in [2.24, 2.45) is 0 Å². The van der Waals surface area contributed by atoms with Crippen molar-refractivity contribution < 1.29 is 23.5 Å². The first-order chi connectivity index (χ1) is 18.4. The molecule has 10 heteroatoms. The molecule has 4 heterocycles. The van der Waals surface area contributed by atoms with Crippen LogP contribution >= 0.6 is 15.9 Å². The van der Waals surface area contributed by atoms with Gasteiger partial charge in [0, 0.05) is 39.8 Å². The summed E-state index contributed by atoms with van der Waals surface area (Å²) in [7, 11) is 0. The van der Waals surface area contributed by atoms with Crippen molar-refractivity contribution in [3.63, 3.8) is 0 Å². The van der Waals surface area contributed by atoms with Gasteiger partial charge in [0.05, 0.1) is 10.8 Å². The summed E-state index contributed by atoms with van der Waals surface area (Å²) in [5.41, 5.74) is -1.17. The largest absolute Gasteiger partial charge is 0.506 e. The van der Waals surface area contributed by atoms with Gasteiger partial charge >= 0.3 is 17.3 Å². The van der Waals surface area contributed by atoms with Gasteiger partial charge in [-0.2, -0.15) is 0 Å².